The van der Waals surface area contributed by atoms with Crippen LogP contribution in [0.3, 0.4) is 0 Å². The molecule has 0 unspecified atom stereocenters. The molecule has 24 heavy (non-hydrogen) atoms. The molecule has 1 saturated heterocycles. The number of hydrogen-bond acceptors (Lipinski definition) is 4. The van der Waals surface area contributed by atoms with Crippen molar-refractivity contribution in [3.8, 4) is 0 Å². The van der Waals surface area contributed by atoms with Gasteiger partial charge in [0.1, 0.15) is 5.82 Å². The van der Waals surface area contributed by atoms with Crippen molar-refractivity contribution in [2.24, 2.45) is 0 Å². The number of amides is 1. The normalized spacial score (nSPS) is 23.8. The van der Waals surface area contributed by atoms with Gasteiger partial charge in [-0.1, -0.05) is 18.2 Å². The summed E-state index contributed by atoms with van der Waals surface area (Å²) in [6, 6.07) is 7.96. The summed E-state index contributed by atoms with van der Waals surface area (Å²) >= 11 is 0. The molecule has 1 amide bonds. The van der Waals surface area contributed by atoms with Crippen LogP contribution in [0.2, 0.25) is 0 Å². The van der Waals surface area contributed by atoms with Crippen molar-refractivity contribution in [1.29, 1.82) is 0 Å². The van der Waals surface area contributed by atoms with Crippen LogP contribution in [0.15, 0.2) is 36.7 Å². The summed E-state index contributed by atoms with van der Waals surface area (Å²) in [4.78, 5) is 23.6. The lowest BCUT2D eigenvalue weighted by Gasteiger charge is -2.29. The van der Waals surface area contributed by atoms with Gasteiger partial charge >= 0.3 is 0 Å². The van der Waals surface area contributed by atoms with Crippen LogP contribution in [0, 0.1) is 6.92 Å². The van der Waals surface area contributed by atoms with E-state index in [0.29, 0.717) is 0 Å². The van der Waals surface area contributed by atoms with Crippen LogP contribution in [0.25, 0.3) is 0 Å². The number of likely N-dealkylation sites (tertiary alicyclic amines) is 1. The van der Waals surface area contributed by atoms with E-state index in [1.165, 1.54) is 0 Å². The number of rotatable bonds is 2. The SMILES string of the molecule is Cc1ncc(CN2CC[C@@]3(CCc4ccccc4C(=O)N3)C2)cn1. The van der Waals surface area contributed by atoms with E-state index in [1.54, 1.807) is 0 Å². The van der Waals surface area contributed by atoms with Crippen LogP contribution in [0.5, 0.6) is 0 Å². The van der Waals surface area contributed by atoms with Crippen LogP contribution in [-0.2, 0) is 13.0 Å². The summed E-state index contributed by atoms with van der Waals surface area (Å²) in [5.74, 6) is 0.869. The van der Waals surface area contributed by atoms with E-state index < -0.39 is 0 Å². The maximum Gasteiger partial charge on any atom is 0.252 e. The summed E-state index contributed by atoms with van der Waals surface area (Å²) in [5, 5.41) is 3.32. The lowest BCUT2D eigenvalue weighted by Crippen LogP contribution is -2.49. The molecule has 1 N–H and O–H groups in total. The highest BCUT2D eigenvalue weighted by Crippen LogP contribution is 2.31. The first kappa shape index (κ1) is 15.3. The first-order chi connectivity index (χ1) is 11.6. The second kappa shape index (κ2) is 5.98. The Kier molecular flexibility index (Phi) is 3.81. The zero-order valence-electron chi connectivity index (χ0n) is 14.0. The fraction of sp³-hybridized carbons (Fsp3) is 0.421. The number of fused-ring (bicyclic) bond motifs is 1. The molecule has 5 nitrogen and oxygen atoms in total. The minimum absolute atomic E-state index is 0.0728. The molecule has 0 bridgehead atoms. The summed E-state index contributed by atoms with van der Waals surface area (Å²) in [6.45, 7) is 4.61. The third kappa shape index (κ3) is 2.91. The minimum atomic E-state index is -0.109. The maximum absolute atomic E-state index is 12.6. The molecule has 2 aliphatic rings. The molecule has 5 heteroatoms. The van der Waals surface area contributed by atoms with Gasteiger partial charge in [-0.2, -0.15) is 0 Å². The Hall–Kier alpha value is -2.27. The number of aromatic nitrogens is 2. The number of hydrogen-bond donors (Lipinski definition) is 1. The first-order valence-electron chi connectivity index (χ1n) is 8.54. The van der Waals surface area contributed by atoms with Crippen molar-refractivity contribution in [2.45, 2.75) is 38.3 Å². The number of benzene rings is 1. The molecule has 1 atom stereocenters. The van der Waals surface area contributed by atoms with Crippen LogP contribution < -0.4 is 5.32 Å². The molecule has 1 aromatic carbocycles. The second-order valence-electron chi connectivity index (χ2n) is 6.99. The molecule has 124 valence electrons. The zero-order chi connectivity index (χ0) is 16.6. The molecule has 3 heterocycles. The average molecular weight is 322 g/mol. The lowest BCUT2D eigenvalue weighted by molar-refractivity contribution is 0.0902. The molecule has 4 rings (SSSR count). The molecular weight excluding hydrogens is 300 g/mol. The topological polar surface area (TPSA) is 58.1 Å². The molecule has 2 aromatic rings. The zero-order valence-corrected chi connectivity index (χ0v) is 14.0. The predicted octanol–water partition coefficient (Wildman–Crippen LogP) is 2.11. The Morgan fingerprint density at radius 1 is 1.21 bits per heavy atom. The third-order valence-electron chi connectivity index (χ3n) is 5.19. The molecule has 1 spiro atoms. The monoisotopic (exact) mass is 322 g/mol. The minimum Gasteiger partial charge on any atom is -0.345 e. The predicted molar refractivity (Wildman–Crippen MR) is 91.6 cm³/mol. The van der Waals surface area contributed by atoms with Gasteiger partial charge in [0.15, 0.2) is 0 Å². The largest absolute Gasteiger partial charge is 0.345 e. The van der Waals surface area contributed by atoms with E-state index in [0.717, 1.165) is 61.4 Å². The average Bonchev–Trinajstić information content (AvgIpc) is 2.91. The van der Waals surface area contributed by atoms with Gasteiger partial charge in [0.2, 0.25) is 0 Å². The second-order valence-corrected chi connectivity index (χ2v) is 6.99. The lowest BCUT2D eigenvalue weighted by atomic mass is 9.91. The first-order valence-corrected chi connectivity index (χ1v) is 8.54. The van der Waals surface area contributed by atoms with Crippen molar-refractivity contribution in [2.75, 3.05) is 13.1 Å². The van der Waals surface area contributed by atoms with Crippen molar-refractivity contribution >= 4 is 5.91 Å². The standard InChI is InChI=1S/C19H22N4O/c1-14-20-10-15(11-21-14)12-23-9-8-19(13-23)7-6-16-4-2-3-5-17(16)18(24)22-19/h2-5,10-11H,6-9,12-13H2,1H3,(H,22,24)/t19-/m0/s1. The maximum atomic E-state index is 12.6. The Labute approximate surface area is 142 Å². The van der Waals surface area contributed by atoms with E-state index >= 15 is 0 Å². The van der Waals surface area contributed by atoms with E-state index in [1.807, 2.05) is 37.5 Å². The Morgan fingerprint density at radius 3 is 2.83 bits per heavy atom. The summed E-state index contributed by atoms with van der Waals surface area (Å²) in [6.07, 6.45) is 6.75. The Balaban J connectivity index is 1.48. The van der Waals surface area contributed by atoms with Crippen LogP contribution >= 0.6 is 0 Å². The van der Waals surface area contributed by atoms with Gasteiger partial charge in [-0.05, 0) is 37.8 Å². The quantitative estimate of drug-likeness (QED) is 0.920. The van der Waals surface area contributed by atoms with Crippen molar-refractivity contribution in [3.63, 3.8) is 0 Å². The highest BCUT2D eigenvalue weighted by molar-refractivity contribution is 5.96. The molecule has 1 aromatic heterocycles. The number of nitrogens with zero attached hydrogens (tertiary/aromatic N) is 3. The fourth-order valence-corrected chi connectivity index (χ4v) is 3.86. The van der Waals surface area contributed by atoms with Gasteiger partial charge in [-0.3, -0.25) is 9.69 Å². The molecule has 0 radical (unpaired) electrons. The van der Waals surface area contributed by atoms with Gasteiger partial charge in [0.05, 0.1) is 5.54 Å². The van der Waals surface area contributed by atoms with Crippen molar-refractivity contribution < 1.29 is 4.79 Å². The number of carbonyl (C=O) groups excluding carboxylic acids is 1. The molecule has 0 aliphatic carbocycles. The van der Waals surface area contributed by atoms with Gasteiger partial charge in [-0.25, -0.2) is 9.97 Å². The van der Waals surface area contributed by atoms with Gasteiger partial charge < -0.3 is 5.32 Å². The fourth-order valence-electron chi connectivity index (χ4n) is 3.86. The highest BCUT2D eigenvalue weighted by Gasteiger charge is 2.41. The highest BCUT2D eigenvalue weighted by atomic mass is 16.1. The van der Waals surface area contributed by atoms with Crippen molar-refractivity contribution in [3.05, 3.63) is 59.2 Å². The van der Waals surface area contributed by atoms with E-state index in [2.05, 4.69) is 26.3 Å². The third-order valence-corrected chi connectivity index (χ3v) is 5.19. The van der Waals surface area contributed by atoms with Gasteiger partial charge in [-0.15, -0.1) is 0 Å². The van der Waals surface area contributed by atoms with E-state index in [9.17, 15) is 4.79 Å². The van der Waals surface area contributed by atoms with Crippen LogP contribution in [0.4, 0.5) is 0 Å². The van der Waals surface area contributed by atoms with Gasteiger partial charge in [0, 0.05) is 43.2 Å². The van der Waals surface area contributed by atoms with Crippen LogP contribution in [0.1, 0.15) is 40.2 Å². The Morgan fingerprint density at radius 2 is 2.00 bits per heavy atom. The summed E-state index contributed by atoms with van der Waals surface area (Å²) in [7, 11) is 0. The number of carbonyl (C=O) groups is 1. The number of aryl methyl sites for hydroxylation is 2. The molecule has 2 aliphatic heterocycles. The summed E-state index contributed by atoms with van der Waals surface area (Å²) in [5.41, 5.74) is 3.01. The van der Waals surface area contributed by atoms with Crippen molar-refractivity contribution in [1.82, 2.24) is 20.2 Å². The Bertz CT molecular complexity index is 758. The van der Waals surface area contributed by atoms with E-state index in [4.69, 9.17) is 0 Å². The van der Waals surface area contributed by atoms with Gasteiger partial charge in [0.25, 0.3) is 5.91 Å². The molecule has 0 saturated carbocycles. The van der Waals surface area contributed by atoms with E-state index in [-0.39, 0.29) is 11.4 Å². The molecular formula is C19H22N4O. The number of nitrogens with one attached hydrogen (secondary N) is 1. The molecule has 1 fully saturated rings. The summed E-state index contributed by atoms with van der Waals surface area (Å²) < 4.78 is 0. The smallest absolute Gasteiger partial charge is 0.252 e. The van der Waals surface area contributed by atoms with Crippen LogP contribution in [-0.4, -0.2) is 39.4 Å².